The van der Waals surface area contributed by atoms with Crippen molar-refractivity contribution < 1.29 is 9.53 Å². The van der Waals surface area contributed by atoms with E-state index in [9.17, 15) is 4.79 Å². The van der Waals surface area contributed by atoms with Crippen LogP contribution in [-0.4, -0.2) is 36.1 Å². The summed E-state index contributed by atoms with van der Waals surface area (Å²) in [4.78, 5) is 14.4. The third kappa shape index (κ3) is 2.50. The number of hydrogen-bond acceptors (Lipinski definition) is 2. The average Bonchev–Trinajstić information content (AvgIpc) is 2.32. The molecular weight excluding hydrogens is 214 g/mol. The first-order valence-corrected chi connectivity index (χ1v) is 6.08. The van der Waals surface area contributed by atoms with Gasteiger partial charge in [-0.05, 0) is 32.4 Å². The summed E-state index contributed by atoms with van der Waals surface area (Å²) >= 11 is 0. The molecule has 1 fully saturated rings. The molecule has 0 aliphatic carbocycles. The molecule has 0 spiro atoms. The Labute approximate surface area is 102 Å². The molecule has 0 radical (unpaired) electrons. The number of hydrogen-bond donors (Lipinski definition) is 0. The number of carbonyl (C=O) groups is 1. The number of rotatable bonds is 1. The maximum absolute atomic E-state index is 12.4. The number of ether oxygens (including phenoxy) is 1. The first-order chi connectivity index (χ1) is 8.09. The Morgan fingerprint density at radius 1 is 1.35 bits per heavy atom. The van der Waals surface area contributed by atoms with Gasteiger partial charge in [-0.25, -0.2) is 0 Å². The molecule has 0 N–H and O–H groups in total. The van der Waals surface area contributed by atoms with Crippen molar-refractivity contribution in [3.63, 3.8) is 0 Å². The van der Waals surface area contributed by atoms with Crippen LogP contribution in [-0.2, 0) is 4.74 Å². The topological polar surface area (TPSA) is 29.5 Å². The fourth-order valence-electron chi connectivity index (χ4n) is 2.15. The van der Waals surface area contributed by atoms with Crippen molar-refractivity contribution in [2.45, 2.75) is 32.9 Å². The maximum Gasteiger partial charge on any atom is 0.254 e. The molecule has 2 rings (SSSR count). The molecule has 1 aliphatic rings. The molecule has 1 aromatic carbocycles. The Bertz CT molecular complexity index is 416. The summed E-state index contributed by atoms with van der Waals surface area (Å²) in [6, 6.07) is 7.89. The van der Waals surface area contributed by atoms with E-state index in [1.807, 2.05) is 49.9 Å². The zero-order chi connectivity index (χ0) is 12.4. The van der Waals surface area contributed by atoms with Crippen molar-refractivity contribution in [3.05, 3.63) is 35.4 Å². The van der Waals surface area contributed by atoms with Gasteiger partial charge >= 0.3 is 0 Å². The lowest BCUT2D eigenvalue weighted by molar-refractivity contribution is -0.0387. The second-order valence-corrected chi connectivity index (χ2v) is 4.77. The molecule has 1 amide bonds. The number of amides is 1. The minimum atomic E-state index is 0.116. The lowest BCUT2D eigenvalue weighted by atomic mass is 10.1. The Balaban J connectivity index is 2.22. The monoisotopic (exact) mass is 233 g/mol. The van der Waals surface area contributed by atoms with Gasteiger partial charge in [0.25, 0.3) is 5.91 Å². The van der Waals surface area contributed by atoms with Crippen LogP contribution >= 0.6 is 0 Å². The summed E-state index contributed by atoms with van der Waals surface area (Å²) in [5.74, 6) is 0.116. The van der Waals surface area contributed by atoms with E-state index >= 15 is 0 Å². The van der Waals surface area contributed by atoms with E-state index in [0.29, 0.717) is 13.2 Å². The molecule has 1 aliphatic heterocycles. The van der Waals surface area contributed by atoms with Crippen LogP contribution in [0.2, 0.25) is 0 Å². The summed E-state index contributed by atoms with van der Waals surface area (Å²) in [6.45, 7) is 7.31. The first-order valence-electron chi connectivity index (χ1n) is 6.08. The molecule has 0 saturated carbocycles. The molecule has 3 heteroatoms. The van der Waals surface area contributed by atoms with Crippen LogP contribution in [0, 0.1) is 6.92 Å². The summed E-state index contributed by atoms with van der Waals surface area (Å²) in [6.07, 6.45) is 0.124. The van der Waals surface area contributed by atoms with E-state index in [4.69, 9.17) is 4.74 Å². The van der Waals surface area contributed by atoms with E-state index < -0.39 is 0 Å². The van der Waals surface area contributed by atoms with Crippen molar-refractivity contribution in [1.29, 1.82) is 0 Å². The molecule has 92 valence electrons. The van der Waals surface area contributed by atoms with E-state index in [1.54, 1.807) is 0 Å². The Kier molecular flexibility index (Phi) is 3.48. The SMILES string of the molecule is Cc1ccccc1C(=O)N1C[C@H](C)OC[C@@H]1C. The largest absolute Gasteiger partial charge is 0.375 e. The van der Waals surface area contributed by atoms with Crippen LogP contribution in [0.3, 0.4) is 0 Å². The van der Waals surface area contributed by atoms with Crippen LogP contribution in [0.25, 0.3) is 0 Å². The minimum Gasteiger partial charge on any atom is -0.375 e. The lowest BCUT2D eigenvalue weighted by Gasteiger charge is -2.37. The predicted molar refractivity (Wildman–Crippen MR) is 67.1 cm³/mol. The summed E-state index contributed by atoms with van der Waals surface area (Å²) < 4.78 is 5.54. The average molecular weight is 233 g/mol. The number of nitrogens with zero attached hydrogens (tertiary/aromatic N) is 1. The predicted octanol–water partition coefficient (Wildman–Crippen LogP) is 2.24. The van der Waals surface area contributed by atoms with Crippen molar-refractivity contribution in [2.75, 3.05) is 13.2 Å². The molecule has 3 nitrogen and oxygen atoms in total. The third-order valence-electron chi connectivity index (χ3n) is 3.24. The highest BCUT2D eigenvalue weighted by Crippen LogP contribution is 2.17. The van der Waals surface area contributed by atoms with Gasteiger partial charge < -0.3 is 9.64 Å². The molecule has 0 bridgehead atoms. The minimum absolute atomic E-state index is 0.116. The van der Waals surface area contributed by atoms with E-state index in [-0.39, 0.29) is 18.1 Å². The third-order valence-corrected chi connectivity index (χ3v) is 3.24. The van der Waals surface area contributed by atoms with Crippen molar-refractivity contribution in [2.24, 2.45) is 0 Å². The van der Waals surface area contributed by atoms with Crippen molar-refractivity contribution >= 4 is 5.91 Å². The van der Waals surface area contributed by atoms with Gasteiger partial charge in [-0.2, -0.15) is 0 Å². The second kappa shape index (κ2) is 4.88. The zero-order valence-corrected chi connectivity index (χ0v) is 10.6. The lowest BCUT2D eigenvalue weighted by Crippen LogP contribution is -2.50. The summed E-state index contributed by atoms with van der Waals surface area (Å²) in [7, 11) is 0. The van der Waals surface area contributed by atoms with Crippen LogP contribution in [0.1, 0.15) is 29.8 Å². The first kappa shape index (κ1) is 12.1. The number of morpholine rings is 1. The molecule has 1 heterocycles. The van der Waals surface area contributed by atoms with Gasteiger partial charge in [0.15, 0.2) is 0 Å². The molecule has 2 atom stereocenters. The van der Waals surface area contributed by atoms with Gasteiger partial charge in [0, 0.05) is 12.1 Å². The highest BCUT2D eigenvalue weighted by molar-refractivity contribution is 5.95. The molecule has 0 aromatic heterocycles. The Morgan fingerprint density at radius 2 is 2.06 bits per heavy atom. The van der Waals surface area contributed by atoms with Crippen molar-refractivity contribution in [1.82, 2.24) is 4.90 Å². The van der Waals surface area contributed by atoms with E-state index in [1.165, 1.54) is 0 Å². The van der Waals surface area contributed by atoms with Gasteiger partial charge in [-0.1, -0.05) is 18.2 Å². The Morgan fingerprint density at radius 3 is 2.76 bits per heavy atom. The van der Waals surface area contributed by atoms with Gasteiger partial charge in [-0.3, -0.25) is 4.79 Å². The second-order valence-electron chi connectivity index (χ2n) is 4.77. The van der Waals surface area contributed by atoms with Crippen LogP contribution < -0.4 is 0 Å². The quantitative estimate of drug-likeness (QED) is 0.744. The summed E-state index contributed by atoms with van der Waals surface area (Å²) in [5.41, 5.74) is 1.83. The molecule has 17 heavy (non-hydrogen) atoms. The summed E-state index contributed by atoms with van der Waals surface area (Å²) in [5, 5.41) is 0. The smallest absolute Gasteiger partial charge is 0.254 e. The zero-order valence-electron chi connectivity index (χ0n) is 10.6. The van der Waals surface area contributed by atoms with Gasteiger partial charge in [-0.15, -0.1) is 0 Å². The number of carbonyl (C=O) groups excluding carboxylic acids is 1. The van der Waals surface area contributed by atoms with Gasteiger partial charge in [0.2, 0.25) is 0 Å². The van der Waals surface area contributed by atoms with Crippen LogP contribution in [0.15, 0.2) is 24.3 Å². The van der Waals surface area contributed by atoms with Crippen LogP contribution in [0.5, 0.6) is 0 Å². The highest BCUT2D eigenvalue weighted by atomic mass is 16.5. The van der Waals surface area contributed by atoms with Gasteiger partial charge in [0.1, 0.15) is 0 Å². The molecular formula is C14H19NO2. The van der Waals surface area contributed by atoms with Crippen molar-refractivity contribution in [3.8, 4) is 0 Å². The van der Waals surface area contributed by atoms with Crippen LogP contribution in [0.4, 0.5) is 0 Å². The molecule has 0 unspecified atom stereocenters. The maximum atomic E-state index is 12.4. The van der Waals surface area contributed by atoms with E-state index in [2.05, 4.69) is 0 Å². The Hall–Kier alpha value is -1.35. The fraction of sp³-hybridized carbons (Fsp3) is 0.500. The van der Waals surface area contributed by atoms with E-state index in [0.717, 1.165) is 11.1 Å². The molecule has 1 saturated heterocycles. The molecule has 1 aromatic rings. The normalized spacial score (nSPS) is 24.8. The number of benzene rings is 1. The highest BCUT2D eigenvalue weighted by Gasteiger charge is 2.28. The number of aryl methyl sites for hydroxylation is 1. The standard InChI is InChI=1S/C14H19NO2/c1-10-6-4-5-7-13(10)14(16)15-8-12(3)17-9-11(15)2/h4-7,11-12H,8-9H2,1-3H3/t11-,12-/m0/s1. The van der Waals surface area contributed by atoms with Gasteiger partial charge in [0.05, 0.1) is 18.8 Å². The fourth-order valence-corrected chi connectivity index (χ4v) is 2.15.